The number of rotatable bonds is 9. The molecule has 0 aliphatic carbocycles. The average Bonchev–Trinajstić information content (AvgIpc) is 3.15. The minimum atomic E-state index is -0.644. The molecule has 0 atom stereocenters. The molecule has 1 N–H and O–H groups in total. The van der Waals surface area contributed by atoms with Crippen molar-refractivity contribution in [2.75, 3.05) is 19.7 Å². The Morgan fingerprint density at radius 3 is 2.39 bits per heavy atom. The third kappa shape index (κ3) is 6.95. The second-order valence-corrected chi connectivity index (χ2v) is 8.46. The van der Waals surface area contributed by atoms with E-state index >= 15 is 0 Å². The number of carbonyl (C=O) groups is 1. The molecule has 0 aliphatic heterocycles. The van der Waals surface area contributed by atoms with Crippen molar-refractivity contribution in [2.45, 2.75) is 39.5 Å². The lowest BCUT2D eigenvalue weighted by molar-refractivity contribution is 0.0217. The number of aliphatic hydroxyl groups is 1. The molecule has 9 nitrogen and oxygen atoms in total. The highest BCUT2D eigenvalue weighted by Crippen LogP contribution is 2.12. The van der Waals surface area contributed by atoms with Gasteiger partial charge in [-0.25, -0.2) is 18.8 Å². The van der Waals surface area contributed by atoms with Gasteiger partial charge in [0.2, 0.25) is 0 Å². The molecule has 1 amide bonds. The molecule has 0 aliphatic rings. The Labute approximate surface area is 192 Å². The number of nitrogens with zero attached hydrogens (tertiary/aromatic N) is 4. The van der Waals surface area contributed by atoms with Crippen molar-refractivity contribution in [3.8, 4) is 11.4 Å². The Morgan fingerprint density at radius 2 is 1.76 bits per heavy atom. The summed E-state index contributed by atoms with van der Waals surface area (Å²) in [6.45, 7) is 6.35. The van der Waals surface area contributed by atoms with Gasteiger partial charge in [0.1, 0.15) is 24.3 Å². The van der Waals surface area contributed by atoms with E-state index in [1.54, 1.807) is 45.0 Å². The molecule has 0 bridgehead atoms. The van der Waals surface area contributed by atoms with Gasteiger partial charge in [-0.1, -0.05) is 30.3 Å². The minimum Gasteiger partial charge on any atom is -0.492 e. The molecule has 176 valence electrons. The smallest absolute Gasteiger partial charge is 0.410 e. The van der Waals surface area contributed by atoms with Gasteiger partial charge in [0.05, 0.1) is 25.4 Å². The molecule has 33 heavy (non-hydrogen) atoms. The van der Waals surface area contributed by atoms with Crippen LogP contribution in [0.2, 0.25) is 0 Å². The van der Waals surface area contributed by atoms with Gasteiger partial charge < -0.3 is 19.5 Å². The number of carbonyl (C=O) groups excluding carboxylic acids is 1. The lowest BCUT2D eigenvalue weighted by Crippen LogP contribution is -2.41. The lowest BCUT2D eigenvalue weighted by atomic mass is 10.2. The first-order valence-electron chi connectivity index (χ1n) is 10.8. The maximum Gasteiger partial charge on any atom is 0.410 e. The summed E-state index contributed by atoms with van der Waals surface area (Å²) in [7, 11) is 0. The summed E-state index contributed by atoms with van der Waals surface area (Å²) < 4.78 is 13.9. The standard InChI is InChI=1S/C24H30N4O5/c1-24(2,3)33-23(31)26(15-16-32-21-7-5-4-6-8-21)13-14-28-22(30)27(18-25-28)20-11-9-19(17-29)10-12-20/h4-12,18,29H,13-17H2,1-3H3. The van der Waals surface area contributed by atoms with Crippen LogP contribution in [0.4, 0.5) is 4.79 Å². The maximum absolute atomic E-state index is 12.8. The Bertz CT molecular complexity index is 1080. The summed E-state index contributed by atoms with van der Waals surface area (Å²) in [6.07, 6.45) is 0.957. The van der Waals surface area contributed by atoms with Crippen molar-refractivity contribution in [2.24, 2.45) is 0 Å². The van der Waals surface area contributed by atoms with Gasteiger partial charge in [-0.3, -0.25) is 0 Å². The predicted octanol–water partition coefficient (Wildman–Crippen LogP) is 2.84. The molecule has 0 saturated heterocycles. The summed E-state index contributed by atoms with van der Waals surface area (Å²) >= 11 is 0. The topological polar surface area (TPSA) is 98.8 Å². The largest absolute Gasteiger partial charge is 0.492 e. The van der Waals surface area contributed by atoms with Gasteiger partial charge >= 0.3 is 11.8 Å². The number of para-hydroxylation sites is 1. The van der Waals surface area contributed by atoms with Crippen molar-refractivity contribution < 1.29 is 19.4 Å². The molecule has 0 saturated carbocycles. The van der Waals surface area contributed by atoms with Crippen LogP contribution in [-0.2, 0) is 17.9 Å². The number of hydrogen-bond donors (Lipinski definition) is 1. The molecular weight excluding hydrogens is 424 g/mol. The number of amides is 1. The fourth-order valence-electron chi connectivity index (χ4n) is 3.06. The monoisotopic (exact) mass is 454 g/mol. The fraction of sp³-hybridized carbons (Fsp3) is 0.375. The van der Waals surface area contributed by atoms with Gasteiger partial charge in [0.15, 0.2) is 0 Å². The molecule has 1 heterocycles. The molecular formula is C24H30N4O5. The second kappa shape index (κ2) is 10.8. The number of benzene rings is 2. The fourth-order valence-corrected chi connectivity index (χ4v) is 3.06. The number of aliphatic hydroxyl groups excluding tert-OH is 1. The highest BCUT2D eigenvalue weighted by atomic mass is 16.6. The predicted molar refractivity (Wildman–Crippen MR) is 123 cm³/mol. The van der Waals surface area contributed by atoms with Crippen LogP contribution in [0.25, 0.3) is 5.69 Å². The van der Waals surface area contributed by atoms with E-state index in [4.69, 9.17) is 9.47 Å². The van der Waals surface area contributed by atoms with E-state index in [-0.39, 0.29) is 32.0 Å². The normalized spacial score (nSPS) is 11.3. The van der Waals surface area contributed by atoms with Gasteiger partial charge in [0.25, 0.3) is 0 Å². The van der Waals surface area contributed by atoms with Crippen LogP contribution >= 0.6 is 0 Å². The van der Waals surface area contributed by atoms with Crippen molar-refractivity contribution in [3.05, 3.63) is 77.0 Å². The summed E-state index contributed by atoms with van der Waals surface area (Å²) in [5.74, 6) is 0.712. The van der Waals surface area contributed by atoms with Crippen LogP contribution in [0.5, 0.6) is 5.75 Å². The Kier molecular flexibility index (Phi) is 7.89. The van der Waals surface area contributed by atoms with E-state index in [1.165, 1.54) is 20.5 Å². The minimum absolute atomic E-state index is 0.0665. The number of aromatic nitrogens is 3. The van der Waals surface area contributed by atoms with Crippen molar-refractivity contribution in [1.29, 1.82) is 0 Å². The quantitative estimate of drug-likeness (QED) is 0.534. The highest BCUT2D eigenvalue weighted by Gasteiger charge is 2.22. The zero-order chi connectivity index (χ0) is 23.8. The van der Waals surface area contributed by atoms with E-state index in [1.807, 2.05) is 30.3 Å². The average molecular weight is 455 g/mol. The molecule has 0 unspecified atom stereocenters. The third-order valence-electron chi connectivity index (χ3n) is 4.74. The zero-order valence-electron chi connectivity index (χ0n) is 19.2. The maximum atomic E-state index is 12.8. The van der Waals surface area contributed by atoms with Gasteiger partial charge in [-0.05, 0) is 50.6 Å². The summed E-state index contributed by atoms with van der Waals surface area (Å²) in [5.41, 5.74) is 0.430. The van der Waals surface area contributed by atoms with Crippen LogP contribution in [0.1, 0.15) is 26.3 Å². The Morgan fingerprint density at radius 1 is 1.06 bits per heavy atom. The molecule has 0 fully saturated rings. The van der Waals surface area contributed by atoms with Gasteiger partial charge in [0, 0.05) is 6.54 Å². The van der Waals surface area contributed by atoms with Crippen molar-refractivity contribution in [1.82, 2.24) is 19.2 Å². The van der Waals surface area contributed by atoms with E-state index in [2.05, 4.69) is 5.10 Å². The van der Waals surface area contributed by atoms with Crippen LogP contribution in [0, 0.1) is 0 Å². The lowest BCUT2D eigenvalue weighted by Gasteiger charge is -2.27. The molecule has 0 radical (unpaired) electrons. The first kappa shape index (κ1) is 24.1. The number of ether oxygens (including phenoxy) is 2. The SMILES string of the molecule is CC(C)(C)OC(=O)N(CCOc1ccccc1)CCn1ncn(-c2ccc(CO)cc2)c1=O. The van der Waals surface area contributed by atoms with Crippen LogP contribution in [-0.4, -0.2) is 55.7 Å². The van der Waals surface area contributed by atoms with Gasteiger partial charge in [-0.2, -0.15) is 5.10 Å². The summed E-state index contributed by atoms with van der Waals surface area (Å²) in [4.78, 5) is 27.0. The van der Waals surface area contributed by atoms with E-state index in [0.717, 1.165) is 5.56 Å². The third-order valence-corrected chi connectivity index (χ3v) is 4.74. The molecule has 1 aromatic heterocycles. The van der Waals surface area contributed by atoms with Crippen LogP contribution in [0.15, 0.2) is 65.7 Å². The molecule has 2 aromatic carbocycles. The molecule has 9 heteroatoms. The van der Waals surface area contributed by atoms with Gasteiger partial charge in [-0.15, -0.1) is 0 Å². The molecule has 3 aromatic rings. The summed E-state index contributed by atoms with van der Waals surface area (Å²) in [6, 6.07) is 16.3. The first-order valence-corrected chi connectivity index (χ1v) is 10.8. The first-order chi connectivity index (χ1) is 15.8. The molecule has 3 rings (SSSR count). The van der Waals surface area contributed by atoms with Crippen LogP contribution in [0.3, 0.4) is 0 Å². The van der Waals surface area contributed by atoms with E-state index in [9.17, 15) is 14.7 Å². The number of hydrogen-bond acceptors (Lipinski definition) is 6. The van der Waals surface area contributed by atoms with Crippen molar-refractivity contribution in [3.63, 3.8) is 0 Å². The zero-order valence-corrected chi connectivity index (χ0v) is 19.2. The van der Waals surface area contributed by atoms with Crippen LogP contribution < -0.4 is 10.4 Å². The Balaban J connectivity index is 1.67. The Hall–Kier alpha value is -3.59. The second-order valence-electron chi connectivity index (χ2n) is 8.46. The molecule has 0 spiro atoms. The van der Waals surface area contributed by atoms with E-state index in [0.29, 0.717) is 18.0 Å². The van der Waals surface area contributed by atoms with E-state index < -0.39 is 11.7 Å². The summed E-state index contributed by atoms with van der Waals surface area (Å²) in [5, 5.41) is 13.4. The highest BCUT2D eigenvalue weighted by molar-refractivity contribution is 5.68. The van der Waals surface area contributed by atoms with Crippen molar-refractivity contribution >= 4 is 6.09 Å².